The zero-order chi connectivity index (χ0) is 36.0. The third-order valence-corrected chi connectivity index (χ3v) is 8.65. The Morgan fingerprint density at radius 2 is 1.29 bits per heavy atom. The Balaban J connectivity index is 1.18. The average Bonchev–Trinajstić information content (AvgIpc) is 3.17. The van der Waals surface area contributed by atoms with Crippen molar-refractivity contribution in [2.24, 2.45) is 0 Å². The molecule has 1 fully saturated rings. The first-order valence-corrected chi connectivity index (χ1v) is 16.9. The minimum atomic E-state index is -0.488. The summed E-state index contributed by atoms with van der Waals surface area (Å²) < 4.78 is 22.3. The molecule has 1 saturated heterocycles. The van der Waals surface area contributed by atoms with E-state index in [9.17, 15) is 19.2 Å². The van der Waals surface area contributed by atoms with Gasteiger partial charge in [0.2, 0.25) is 0 Å². The molecule has 0 aliphatic carbocycles. The number of esters is 1. The third kappa shape index (κ3) is 10.3. The van der Waals surface area contributed by atoms with Gasteiger partial charge in [-0.2, -0.15) is 0 Å². The predicted molar refractivity (Wildman–Crippen MR) is 192 cm³/mol. The monoisotopic (exact) mass is 690 g/mol. The van der Waals surface area contributed by atoms with E-state index in [1.165, 1.54) is 6.08 Å². The number of amides is 2. The minimum absolute atomic E-state index is 0.0792. The van der Waals surface area contributed by atoms with Crippen LogP contribution in [0, 0.1) is 13.8 Å². The molecule has 4 aromatic rings. The largest absolute Gasteiger partial charge is 0.490 e. The molecule has 0 bridgehead atoms. The van der Waals surface area contributed by atoms with Gasteiger partial charge in [0, 0.05) is 25.2 Å². The summed E-state index contributed by atoms with van der Waals surface area (Å²) in [7, 11) is 0. The molecule has 1 atom stereocenters. The average molecular weight is 691 g/mol. The van der Waals surface area contributed by atoms with Gasteiger partial charge in [0.1, 0.15) is 32.2 Å². The fourth-order valence-electron chi connectivity index (χ4n) is 5.66. The van der Waals surface area contributed by atoms with Crippen molar-refractivity contribution in [3.63, 3.8) is 0 Å². The highest BCUT2D eigenvalue weighted by molar-refractivity contribution is 6.05. The van der Waals surface area contributed by atoms with Crippen molar-refractivity contribution in [1.82, 2.24) is 9.80 Å². The topological polar surface area (TPSA) is 112 Å². The molecule has 1 heterocycles. The van der Waals surface area contributed by atoms with Gasteiger partial charge in [0.25, 0.3) is 0 Å². The van der Waals surface area contributed by atoms with E-state index in [-0.39, 0.29) is 51.8 Å². The highest BCUT2D eigenvalue weighted by Crippen LogP contribution is 2.25. The van der Waals surface area contributed by atoms with Crippen molar-refractivity contribution in [3.8, 4) is 5.75 Å². The zero-order valence-electron chi connectivity index (χ0n) is 28.9. The number of ether oxygens (including phenoxy) is 4. The number of ketones is 1. The second-order valence-corrected chi connectivity index (χ2v) is 12.1. The van der Waals surface area contributed by atoms with E-state index in [4.69, 9.17) is 18.9 Å². The maximum atomic E-state index is 13.3. The molecular weight excluding hydrogens is 648 g/mol. The second kappa shape index (κ2) is 18.2. The van der Waals surface area contributed by atoms with Crippen LogP contribution in [0.2, 0.25) is 0 Å². The minimum Gasteiger partial charge on any atom is -0.490 e. The van der Waals surface area contributed by atoms with Crippen molar-refractivity contribution in [2.75, 3.05) is 32.8 Å². The summed E-state index contributed by atoms with van der Waals surface area (Å²) in [6.45, 7) is 4.99. The lowest BCUT2D eigenvalue weighted by atomic mass is 9.98. The molecule has 0 radical (unpaired) electrons. The Kier molecular flexibility index (Phi) is 13.0. The standard InChI is InChI=1S/C41H42N2O8/c1-30-31(2)38(48-25-26-49-39(45)34-17-10-5-11-18-34)22-21-36(30)37(44)20-12-19-35-27-42(40(46)50-28-32-13-6-3-7-14-32)23-24-43(35)41(47)51-29-33-15-8-4-9-16-33/h3-18,20-22,35H,19,23-29H2,1-2H3/b20-12+/t35-/m0/s1. The Morgan fingerprint density at radius 1 is 0.686 bits per heavy atom. The molecule has 4 aromatic carbocycles. The summed E-state index contributed by atoms with van der Waals surface area (Å²) in [5.74, 6) is -0.0297. The molecule has 0 N–H and O–H groups in total. The molecule has 0 aromatic heterocycles. The highest BCUT2D eigenvalue weighted by atomic mass is 16.6. The summed E-state index contributed by atoms with van der Waals surface area (Å²) in [6, 6.07) is 30.6. The van der Waals surface area contributed by atoms with E-state index >= 15 is 0 Å². The van der Waals surface area contributed by atoms with Gasteiger partial charge < -0.3 is 28.7 Å². The van der Waals surface area contributed by atoms with Gasteiger partial charge in [-0.1, -0.05) is 84.9 Å². The first-order chi connectivity index (χ1) is 24.8. The molecule has 10 heteroatoms. The van der Waals surface area contributed by atoms with Gasteiger partial charge in [-0.15, -0.1) is 0 Å². The quantitative estimate of drug-likeness (QED) is 0.0472. The Hall–Kier alpha value is -5.90. The lowest BCUT2D eigenvalue weighted by molar-refractivity contribution is 0.0331. The fourth-order valence-corrected chi connectivity index (χ4v) is 5.66. The van der Waals surface area contributed by atoms with Crippen LogP contribution in [0.15, 0.2) is 115 Å². The molecule has 264 valence electrons. The Morgan fingerprint density at radius 3 is 1.94 bits per heavy atom. The van der Waals surface area contributed by atoms with Crippen LogP contribution in [0.4, 0.5) is 9.59 Å². The number of piperazine rings is 1. The van der Waals surface area contributed by atoms with Gasteiger partial charge >= 0.3 is 18.2 Å². The summed E-state index contributed by atoms with van der Waals surface area (Å²) in [5.41, 5.74) is 4.29. The molecule has 10 nitrogen and oxygen atoms in total. The lowest BCUT2D eigenvalue weighted by Gasteiger charge is -2.39. The number of carbonyl (C=O) groups excluding carboxylic acids is 4. The van der Waals surface area contributed by atoms with Crippen LogP contribution in [-0.2, 0) is 27.4 Å². The van der Waals surface area contributed by atoms with E-state index in [0.29, 0.717) is 23.3 Å². The first-order valence-electron chi connectivity index (χ1n) is 16.9. The lowest BCUT2D eigenvalue weighted by Crippen LogP contribution is -2.56. The number of hydrogen-bond donors (Lipinski definition) is 0. The van der Waals surface area contributed by atoms with Crippen molar-refractivity contribution >= 4 is 23.9 Å². The number of allylic oxidation sites excluding steroid dienone is 1. The van der Waals surface area contributed by atoms with Gasteiger partial charge in [-0.25, -0.2) is 14.4 Å². The summed E-state index contributed by atoms with van der Waals surface area (Å²) in [6.07, 6.45) is 2.58. The molecule has 5 rings (SSSR count). The van der Waals surface area contributed by atoms with Gasteiger partial charge in [0.05, 0.1) is 11.6 Å². The summed E-state index contributed by atoms with van der Waals surface area (Å²) in [4.78, 5) is 54.9. The summed E-state index contributed by atoms with van der Waals surface area (Å²) >= 11 is 0. The first kappa shape index (κ1) is 36.4. The maximum Gasteiger partial charge on any atom is 0.410 e. The Bertz CT molecular complexity index is 1810. The number of nitrogens with zero attached hydrogens (tertiary/aromatic N) is 2. The zero-order valence-corrected chi connectivity index (χ0v) is 28.9. The summed E-state index contributed by atoms with van der Waals surface area (Å²) in [5, 5.41) is 0. The Labute approximate surface area is 298 Å². The van der Waals surface area contributed by atoms with Crippen LogP contribution in [0.25, 0.3) is 0 Å². The van der Waals surface area contributed by atoms with Gasteiger partial charge in [0.15, 0.2) is 5.78 Å². The van der Waals surface area contributed by atoms with Crippen LogP contribution in [-0.4, -0.2) is 72.6 Å². The molecular formula is C41H42N2O8. The number of rotatable bonds is 13. The molecule has 0 spiro atoms. The van der Waals surface area contributed by atoms with E-state index in [0.717, 1.165) is 22.3 Å². The van der Waals surface area contributed by atoms with E-state index < -0.39 is 24.2 Å². The smallest absolute Gasteiger partial charge is 0.410 e. The van der Waals surface area contributed by atoms with E-state index in [1.807, 2.05) is 80.6 Å². The van der Waals surface area contributed by atoms with Crippen LogP contribution < -0.4 is 4.74 Å². The van der Waals surface area contributed by atoms with Crippen molar-refractivity contribution in [3.05, 3.63) is 149 Å². The van der Waals surface area contributed by atoms with Crippen molar-refractivity contribution < 1.29 is 38.1 Å². The van der Waals surface area contributed by atoms with Crippen molar-refractivity contribution in [2.45, 2.75) is 39.5 Å². The molecule has 51 heavy (non-hydrogen) atoms. The van der Waals surface area contributed by atoms with Crippen molar-refractivity contribution in [1.29, 1.82) is 0 Å². The molecule has 2 amide bonds. The van der Waals surface area contributed by atoms with Crippen LogP contribution in [0.1, 0.15) is 49.4 Å². The fraction of sp³-hybridized carbons (Fsp3) is 0.268. The predicted octanol–water partition coefficient (Wildman–Crippen LogP) is 7.33. The second-order valence-electron chi connectivity index (χ2n) is 12.1. The number of hydrogen-bond acceptors (Lipinski definition) is 8. The third-order valence-electron chi connectivity index (χ3n) is 8.65. The van der Waals surface area contributed by atoms with E-state index in [2.05, 4.69) is 0 Å². The normalized spacial score (nSPS) is 14.2. The number of carbonyl (C=O) groups is 4. The molecule has 0 unspecified atom stereocenters. The van der Waals surface area contributed by atoms with Gasteiger partial charge in [-0.3, -0.25) is 4.79 Å². The molecule has 1 aliphatic rings. The highest BCUT2D eigenvalue weighted by Gasteiger charge is 2.33. The molecule has 1 aliphatic heterocycles. The van der Waals surface area contributed by atoms with Crippen LogP contribution in [0.3, 0.4) is 0 Å². The maximum absolute atomic E-state index is 13.3. The number of benzene rings is 4. The van der Waals surface area contributed by atoms with E-state index in [1.54, 1.807) is 52.3 Å². The van der Waals surface area contributed by atoms with Crippen LogP contribution >= 0.6 is 0 Å². The van der Waals surface area contributed by atoms with Crippen LogP contribution in [0.5, 0.6) is 5.75 Å². The SMILES string of the molecule is Cc1c(OCCOC(=O)c2ccccc2)ccc(C(=O)/C=C/C[C@H]2CN(C(=O)OCc3ccccc3)CCN2C(=O)OCc2ccccc2)c1C. The van der Waals surface area contributed by atoms with Gasteiger partial charge in [-0.05, 0) is 72.9 Å². The molecule has 0 saturated carbocycles.